The Labute approximate surface area is 343 Å². The molecule has 2 unspecified atom stereocenters. The van der Waals surface area contributed by atoms with Gasteiger partial charge in [0, 0.05) is 26.2 Å². The van der Waals surface area contributed by atoms with Gasteiger partial charge in [-0.25, -0.2) is 5.01 Å². The quantitative estimate of drug-likeness (QED) is 0.0375. The highest BCUT2D eigenvalue weighted by Gasteiger charge is 2.20. The fourth-order valence-electron chi connectivity index (χ4n) is 7.49. The second-order valence-electron chi connectivity index (χ2n) is 17.1. The zero-order valence-corrected chi connectivity index (χ0v) is 38.1. The summed E-state index contributed by atoms with van der Waals surface area (Å²) in [6.07, 6.45) is 37.8. The summed E-state index contributed by atoms with van der Waals surface area (Å²) in [5, 5.41) is 2.40. The molecule has 0 aliphatic heterocycles. The second-order valence-corrected chi connectivity index (χ2v) is 17.1. The van der Waals surface area contributed by atoms with Crippen molar-refractivity contribution in [1.29, 1.82) is 0 Å². The van der Waals surface area contributed by atoms with Crippen molar-refractivity contribution in [2.24, 2.45) is 11.8 Å². The molecule has 0 radical (unpaired) electrons. The highest BCUT2D eigenvalue weighted by molar-refractivity contribution is 5.72. The first-order valence-corrected chi connectivity index (χ1v) is 24.4. The number of hydrogen-bond donors (Lipinski definition) is 1. The number of ether oxygens (including phenoxy) is 2. The van der Waals surface area contributed by atoms with Gasteiger partial charge in [0.2, 0.25) is 0 Å². The Kier molecular flexibility index (Phi) is 41.5. The number of rotatable bonds is 44. The lowest BCUT2D eigenvalue weighted by Gasteiger charge is -2.25. The van der Waals surface area contributed by atoms with Crippen LogP contribution in [0.25, 0.3) is 0 Å². The number of nitrogens with zero attached hydrogens (tertiary/aromatic N) is 2. The van der Waals surface area contributed by atoms with Crippen molar-refractivity contribution < 1.29 is 19.1 Å². The van der Waals surface area contributed by atoms with Gasteiger partial charge in [0.15, 0.2) is 0 Å². The van der Waals surface area contributed by atoms with E-state index in [1.54, 1.807) is 0 Å². The molecule has 0 rings (SSSR count). The Morgan fingerprint density at radius 2 is 0.764 bits per heavy atom. The van der Waals surface area contributed by atoms with E-state index < -0.39 is 0 Å². The van der Waals surface area contributed by atoms with Crippen LogP contribution in [0.15, 0.2) is 0 Å². The predicted octanol–water partition coefficient (Wildman–Crippen LogP) is 13.2. The number of carbonyl (C=O) groups excluding carboxylic acids is 2. The molecule has 0 aromatic carbocycles. The molecule has 0 heterocycles. The first-order valence-electron chi connectivity index (χ1n) is 24.4. The van der Waals surface area contributed by atoms with Gasteiger partial charge < -0.3 is 14.4 Å². The Bertz CT molecular complexity index is 810. The molecular formula is C48H97N3O4. The van der Waals surface area contributed by atoms with E-state index in [4.69, 9.17) is 9.47 Å². The van der Waals surface area contributed by atoms with Crippen LogP contribution in [-0.4, -0.2) is 75.3 Å². The van der Waals surface area contributed by atoms with Crippen LogP contribution in [0.2, 0.25) is 0 Å². The molecule has 0 aromatic heterocycles. The third-order valence-corrected chi connectivity index (χ3v) is 11.3. The number of esters is 2. The highest BCUT2D eigenvalue weighted by Crippen LogP contribution is 2.22. The number of hydrazine groups is 1. The van der Waals surface area contributed by atoms with Crippen molar-refractivity contribution in [2.75, 3.05) is 53.5 Å². The zero-order valence-electron chi connectivity index (χ0n) is 38.1. The van der Waals surface area contributed by atoms with Crippen LogP contribution in [0.1, 0.15) is 233 Å². The van der Waals surface area contributed by atoms with Gasteiger partial charge in [0.25, 0.3) is 0 Å². The van der Waals surface area contributed by atoms with Crippen LogP contribution < -0.4 is 5.43 Å². The molecule has 0 aliphatic rings. The fraction of sp³-hybridized carbons (Fsp3) is 0.958. The fourth-order valence-corrected chi connectivity index (χ4v) is 7.49. The maximum absolute atomic E-state index is 13.0. The van der Waals surface area contributed by atoms with E-state index in [-0.39, 0.29) is 23.8 Å². The summed E-state index contributed by atoms with van der Waals surface area (Å²) in [7, 11) is 4.28. The molecule has 7 nitrogen and oxygen atoms in total. The summed E-state index contributed by atoms with van der Waals surface area (Å²) >= 11 is 0. The molecule has 0 amide bonds. The Morgan fingerprint density at radius 3 is 1.18 bits per heavy atom. The van der Waals surface area contributed by atoms with Crippen LogP contribution in [0.5, 0.6) is 0 Å². The molecule has 0 saturated heterocycles. The van der Waals surface area contributed by atoms with Gasteiger partial charge >= 0.3 is 11.9 Å². The highest BCUT2D eigenvalue weighted by atomic mass is 16.5. The van der Waals surface area contributed by atoms with E-state index in [1.165, 1.54) is 103 Å². The van der Waals surface area contributed by atoms with Gasteiger partial charge in [0.1, 0.15) is 0 Å². The van der Waals surface area contributed by atoms with E-state index in [9.17, 15) is 9.59 Å². The standard InChI is InChI=1S/C48H97N3O4/c1-7-11-15-19-21-29-37-45(35-27-17-13-9-3)47(52)54-43-33-25-23-31-39-49-51(42-41-50(5)6)40-32-24-26-34-44-55-48(53)46(36-28-18-14-10-4)38-30-22-20-16-12-8-2/h45-46,49H,7-44H2,1-6H3. The summed E-state index contributed by atoms with van der Waals surface area (Å²) in [6.45, 7) is 14.2. The molecular weight excluding hydrogens is 683 g/mol. The van der Waals surface area contributed by atoms with Crippen LogP contribution >= 0.6 is 0 Å². The minimum absolute atomic E-state index is 0.0601. The van der Waals surface area contributed by atoms with Crippen molar-refractivity contribution in [2.45, 2.75) is 233 Å². The molecule has 0 fully saturated rings. The number of hydrogen-bond acceptors (Lipinski definition) is 7. The summed E-state index contributed by atoms with van der Waals surface area (Å²) < 4.78 is 11.6. The molecule has 0 aliphatic carbocycles. The lowest BCUT2D eigenvalue weighted by Crippen LogP contribution is -2.43. The lowest BCUT2D eigenvalue weighted by atomic mass is 9.94. The molecule has 0 bridgehead atoms. The van der Waals surface area contributed by atoms with Gasteiger partial charge in [0.05, 0.1) is 25.0 Å². The smallest absolute Gasteiger partial charge is 0.308 e. The van der Waals surface area contributed by atoms with Crippen molar-refractivity contribution >= 4 is 11.9 Å². The minimum atomic E-state index is 0.0601. The lowest BCUT2D eigenvalue weighted by molar-refractivity contribution is -0.150. The molecule has 1 N–H and O–H groups in total. The van der Waals surface area contributed by atoms with Crippen molar-refractivity contribution in [3.05, 3.63) is 0 Å². The number of likely N-dealkylation sites (N-methyl/N-ethyl adjacent to an activating group) is 1. The van der Waals surface area contributed by atoms with Crippen molar-refractivity contribution in [3.63, 3.8) is 0 Å². The SMILES string of the molecule is CCCCCCCCC(CCCCCC)C(=O)OCCCCCCNN(CCCCCCOC(=O)C(CCCCCC)CCCCCCCC)CCN(C)C. The summed E-state index contributed by atoms with van der Waals surface area (Å²) in [6, 6.07) is 0. The number of carbonyl (C=O) groups is 2. The van der Waals surface area contributed by atoms with Gasteiger partial charge in [-0.3, -0.25) is 15.0 Å². The van der Waals surface area contributed by atoms with Gasteiger partial charge in [-0.15, -0.1) is 0 Å². The Hall–Kier alpha value is -1.18. The molecule has 55 heavy (non-hydrogen) atoms. The molecule has 7 heteroatoms. The summed E-state index contributed by atoms with van der Waals surface area (Å²) in [5.74, 6) is 0.315. The predicted molar refractivity (Wildman–Crippen MR) is 237 cm³/mol. The van der Waals surface area contributed by atoms with Crippen LogP contribution in [0.3, 0.4) is 0 Å². The Morgan fingerprint density at radius 1 is 0.418 bits per heavy atom. The zero-order chi connectivity index (χ0) is 40.5. The normalized spacial score (nSPS) is 12.8. The largest absolute Gasteiger partial charge is 0.465 e. The van der Waals surface area contributed by atoms with E-state index in [0.717, 1.165) is 129 Å². The topological polar surface area (TPSA) is 71.1 Å². The average Bonchev–Trinajstić information content (AvgIpc) is 3.18. The first-order chi connectivity index (χ1) is 26.9. The second kappa shape index (κ2) is 42.4. The third-order valence-electron chi connectivity index (χ3n) is 11.3. The number of unbranched alkanes of at least 4 members (excludes halogenated alkanes) is 22. The van der Waals surface area contributed by atoms with Crippen LogP contribution in [-0.2, 0) is 19.1 Å². The van der Waals surface area contributed by atoms with Crippen molar-refractivity contribution in [1.82, 2.24) is 15.3 Å². The Balaban J connectivity index is 4.33. The molecule has 0 aromatic rings. The molecule has 0 spiro atoms. The van der Waals surface area contributed by atoms with Gasteiger partial charge in [-0.2, -0.15) is 0 Å². The molecule has 0 saturated carbocycles. The van der Waals surface area contributed by atoms with Crippen LogP contribution in [0.4, 0.5) is 0 Å². The summed E-state index contributed by atoms with van der Waals surface area (Å²) in [5.41, 5.74) is 3.70. The minimum Gasteiger partial charge on any atom is -0.465 e. The third kappa shape index (κ3) is 36.9. The molecule has 2 atom stereocenters. The van der Waals surface area contributed by atoms with E-state index >= 15 is 0 Å². The van der Waals surface area contributed by atoms with Gasteiger partial charge in [-0.05, 0) is 65.5 Å². The maximum Gasteiger partial charge on any atom is 0.308 e. The number of nitrogens with one attached hydrogen (secondary N) is 1. The average molecular weight is 780 g/mol. The maximum atomic E-state index is 13.0. The molecule has 328 valence electrons. The van der Waals surface area contributed by atoms with Crippen LogP contribution in [0, 0.1) is 11.8 Å². The monoisotopic (exact) mass is 780 g/mol. The van der Waals surface area contributed by atoms with E-state index in [1.807, 2.05) is 0 Å². The van der Waals surface area contributed by atoms with Crippen molar-refractivity contribution in [3.8, 4) is 0 Å². The van der Waals surface area contributed by atoms with Gasteiger partial charge in [-0.1, -0.05) is 182 Å². The van der Waals surface area contributed by atoms with E-state index in [2.05, 4.69) is 57.1 Å². The first kappa shape index (κ1) is 53.8. The van der Waals surface area contributed by atoms with E-state index in [0.29, 0.717) is 13.2 Å². The summed E-state index contributed by atoms with van der Waals surface area (Å²) in [4.78, 5) is 28.2.